The summed E-state index contributed by atoms with van der Waals surface area (Å²) in [5.74, 6) is 0. The molecule has 0 aliphatic carbocycles. The number of nitrogens with zero attached hydrogens (tertiary/aromatic N) is 1. The van der Waals surface area contributed by atoms with Crippen molar-refractivity contribution in [2.75, 3.05) is 7.05 Å². The van der Waals surface area contributed by atoms with Crippen molar-refractivity contribution in [2.45, 2.75) is 46.1 Å². The van der Waals surface area contributed by atoms with E-state index in [-0.39, 0.29) is 11.6 Å². The molecule has 140 valence electrons. The fourth-order valence-corrected chi connectivity index (χ4v) is 2.64. The number of carbonyl (C=O) groups excluding carboxylic acids is 1. The van der Waals surface area contributed by atoms with E-state index < -0.39 is 0 Å². The van der Waals surface area contributed by atoms with E-state index in [0.717, 1.165) is 21.2 Å². The summed E-state index contributed by atoms with van der Waals surface area (Å²) in [6.07, 6.45) is 0. The van der Waals surface area contributed by atoms with Gasteiger partial charge in [-0.05, 0) is 49.6 Å². The van der Waals surface area contributed by atoms with Gasteiger partial charge in [-0.3, -0.25) is 0 Å². The zero-order valence-electron chi connectivity index (χ0n) is 15.9. The predicted molar refractivity (Wildman–Crippen MR) is 109 cm³/mol. The van der Waals surface area contributed by atoms with Crippen molar-refractivity contribution in [3.8, 4) is 0 Å². The predicted octanol–water partition coefficient (Wildman–Crippen LogP) is 5.11. The summed E-state index contributed by atoms with van der Waals surface area (Å²) in [6, 6.07) is 16.0. The topological polar surface area (TPSA) is 41.6 Å². The van der Waals surface area contributed by atoms with Crippen LogP contribution in [0, 0.1) is 0 Å². The first kappa shape index (κ1) is 20.5. The van der Waals surface area contributed by atoms with Crippen molar-refractivity contribution in [3.63, 3.8) is 0 Å². The van der Waals surface area contributed by atoms with Crippen molar-refractivity contribution in [1.82, 2.24) is 10.2 Å². The van der Waals surface area contributed by atoms with E-state index >= 15 is 0 Å². The second-order valence-corrected chi connectivity index (χ2v) is 8.28. The number of carbonyl (C=O) groups is 1. The van der Waals surface area contributed by atoms with E-state index in [2.05, 4.69) is 27.3 Å². The summed E-state index contributed by atoms with van der Waals surface area (Å²) >= 11 is 3.42. The van der Waals surface area contributed by atoms with Crippen molar-refractivity contribution in [2.24, 2.45) is 0 Å². The van der Waals surface area contributed by atoms with Gasteiger partial charge in [-0.2, -0.15) is 0 Å². The van der Waals surface area contributed by atoms with Crippen LogP contribution in [0.1, 0.15) is 37.5 Å². The third kappa shape index (κ3) is 7.18. The van der Waals surface area contributed by atoms with Gasteiger partial charge in [0, 0.05) is 24.6 Å². The van der Waals surface area contributed by atoms with E-state index in [9.17, 15) is 4.79 Å². The minimum atomic E-state index is -0.167. The molecule has 0 unspecified atom stereocenters. The first-order valence-corrected chi connectivity index (χ1v) is 9.47. The van der Waals surface area contributed by atoms with Crippen LogP contribution in [0.2, 0.25) is 0 Å². The summed E-state index contributed by atoms with van der Waals surface area (Å²) in [7, 11) is 1.80. The van der Waals surface area contributed by atoms with Crippen LogP contribution >= 0.6 is 15.9 Å². The Hall–Kier alpha value is -1.85. The third-order valence-corrected chi connectivity index (χ3v) is 4.32. The minimum absolute atomic E-state index is 0.0933. The van der Waals surface area contributed by atoms with Crippen molar-refractivity contribution in [3.05, 3.63) is 69.7 Å². The Morgan fingerprint density at radius 1 is 1.08 bits per heavy atom. The quantitative estimate of drug-likeness (QED) is 0.708. The number of amides is 2. The largest absolute Gasteiger partial charge is 0.371 e. The molecule has 0 aliphatic heterocycles. The molecule has 0 atom stereocenters. The molecule has 2 aromatic carbocycles. The Morgan fingerprint density at radius 2 is 1.73 bits per heavy atom. The van der Waals surface area contributed by atoms with Gasteiger partial charge in [0.1, 0.15) is 0 Å². The number of benzene rings is 2. The number of hydrogen-bond acceptors (Lipinski definition) is 2. The van der Waals surface area contributed by atoms with E-state index in [0.29, 0.717) is 19.7 Å². The number of urea groups is 1. The molecular formula is C21H27BrN2O2. The van der Waals surface area contributed by atoms with Gasteiger partial charge in [-0.1, -0.05) is 52.3 Å². The molecule has 0 bridgehead atoms. The van der Waals surface area contributed by atoms with Crippen LogP contribution in [-0.2, 0) is 24.4 Å². The average Bonchev–Trinajstić information content (AvgIpc) is 2.59. The van der Waals surface area contributed by atoms with E-state index in [1.807, 2.05) is 63.2 Å². The standard InChI is InChI=1S/C21H27BrN2O2/c1-21(2,3)26-15-18-7-5-6-17(12-18)13-23-20(25)24(4)14-16-8-10-19(22)11-9-16/h5-12H,13-15H2,1-4H3,(H,23,25). The molecular weight excluding hydrogens is 392 g/mol. The monoisotopic (exact) mass is 418 g/mol. The van der Waals surface area contributed by atoms with E-state index in [1.165, 1.54) is 0 Å². The fourth-order valence-electron chi connectivity index (χ4n) is 2.38. The van der Waals surface area contributed by atoms with Crippen molar-refractivity contribution < 1.29 is 9.53 Å². The Morgan fingerprint density at radius 3 is 2.38 bits per heavy atom. The highest BCUT2D eigenvalue weighted by Gasteiger charge is 2.11. The van der Waals surface area contributed by atoms with Crippen LogP contribution in [0.15, 0.2) is 53.0 Å². The summed E-state index contributed by atoms with van der Waals surface area (Å²) in [4.78, 5) is 14.0. The normalized spacial score (nSPS) is 11.3. The molecule has 0 saturated heterocycles. The van der Waals surface area contributed by atoms with Crippen LogP contribution in [0.3, 0.4) is 0 Å². The van der Waals surface area contributed by atoms with Gasteiger partial charge in [0.15, 0.2) is 0 Å². The highest BCUT2D eigenvalue weighted by Crippen LogP contribution is 2.14. The van der Waals surface area contributed by atoms with Gasteiger partial charge in [0.2, 0.25) is 0 Å². The second-order valence-electron chi connectivity index (χ2n) is 7.36. The molecule has 0 spiro atoms. The molecule has 0 aromatic heterocycles. The van der Waals surface area contributed by atoms with Gasteiger partial charge < -0.3 is 15.0 Å². The molecule has 0 fully saturated rings. The van der Waals surface area contributed by atoms with Crippen molar-refractivity contribution >= 4 is 22.0 Å². The number of nitrogens with one attached hydrogen (secondary N) is 1. The number of halogens is 1. The van der Waals surface area contributed by atoms with Gasteiger partial charge in [-0.25, -0.2) is 4.79 Å². The molecule has 0 radical (unpaired) electrons. The summed E-state index contributed by atoms with van der Waals surface area (Å²) in [5.41, 5.74) is 3.09. The van der Waals surface area contributed by atoms with Gasteiger partial charge in [0.25, 0.3) is 0 Å². The molecule has 0 saturated carbocycles. The molecule has 5 heteroatoms. The van der Waals surface area contributed by atoms with Crippen LogP contribution in [0.5, 0.6) is 0 Å². The molecule has 4 nitrogen and oxygen atoms in total. The van der Waals surface area contributed by atoms with E-state index in [4.69, 9.17) is 4.74 Å². The highest BCUT2D eigenvalue weighted by molar-refractivity contribution is 9.10. The van der Waals surface area contributed by atoms with Crippen LogP contribution in [-0.4, -0.2) is 23.6 Å². The Balaban J connectivity index is 1.85. The van der Waals surface area contributed by atoms with Crippen LogP contribution in [0.25, 0.3) is 0 Å². The third-order valence-electron chi connectivity index (χ3n) is 3.79. The maximum Gasteiger partial charge on any atom is 0.317 e. The summed E-state index contributed by atoms with van der Waals surface area (Å²) in [6.45, 7) is 7.75. The van der Waals surface area contributed by atoms with E-state index in [1.54, 1.807) is 11.9 Å². The lowest BCUT2D eigenvalue weighted by atomic mass is 10.1. The molecule has 2 amide bonds. The first-order valence-electron chi connectivity index (χ1n) is 8.68. The number of rotatable bonds is 6. The lowest BCUT2D eigenvalue weighted by Gasteiger charge is -2.20. The molecule has 1 N–H and O–H groups in total. The fraction of sp³-hybridized carbons (Fsp3) is 0.381. The highest BCUT2D eigenvalue weighted by atomic mass is 79.9. The first-order chi connectivity index (χ1) is 12.2. The number of ether oxygens (including phenoxy) is 1. The SMILES string of the molecule is CN(Cc1ccc(Br)cc1)C(=O)NCc1cccc(COC(C)(C)C)c1. The molecule has 26 heavy (non-hydrogen) atoms. The van der Waals surface area contributed by atoms with Gasteiger partial charge in [-0.15, -0.1) is 0 Å². The zero-order chi connectivity index (χ0) is 19.2. The maximum absolute atomic E-state index is 12.3. The number of hydrogen-bond donors (Lipinski definition) is 1. The Bertz CT molecular complexity index is 724. The molecule has 2 rings (SSSR count). The average molecular weight is 419 g/mol. The summed E-state index contributed by atoms with van der Waals surface area (Å²) in [5, 5.41) is 2.97. The minimum Gasteiger partial charge on any atom is -0.371 e. The summed E-state index contributed by atoms with van der Waals surface area (Å²) < 4.78 is 6.84. The van der Waals surface area contributed by atoms with Crippen LogP contribution in [0.4, 0.5) is 4.79 Å². The molecule has 0 heterocycles. The Labute approximate surface area is 164 Å². The second kappa shape index (κ2) is 9.19. The Kier molecular flexibility index (Phi) is 7.23. The smallest absolute Gasteiger partial charge is 0.317 e. The maximum atomic E-state index is 12.3. The zero-order valence-corrected chi connectivity index (χ0v) is 17.5. The molecule has 0 aliphatic rings. The van der Waals surface area contributed by atoms with Crippen LogP contribution < -0.4 is 5.32 Å². The lowest BCUT2D eigenvalue weighted by Crippen LogP contribution is -2.36. The molecule has 2 aromatic rings. The van der Waals surface area contributed by atoms with Gasteiger partial charge >= 0.3 is 6.03 Å². The van der Waals surface area contributed by atoms with Gasteiger partial charge in [0.05, 0.1) is 12.2 Å². The lowest BCUT2D eigenvalue weighted by molar-refractivity contribution is -0.0149. The van der Waals surface area contributed by atoms with Crippen molar-refractivity contribution in [1.29, 1.82) is 0 Å².